The molecule has 1 unspecified atom stereocenters. The van der Waals surface area contributed by atoms with Crippen LogP contribution in [0, 0.1) is 11.8 Å². The number of unbranched alkanes of at least 4 members (excludes halogenated alkanes) is 18. The summed E-state index contributed by atoms with van der Waals surface area (Å²) in [7, 11) is 0. The maximum absolute atomic E-state index is 6.29. The van der Waals surface area contributed by atoms with E-state index in [1.807, 2.05) is 0 Å². The van der Waals surface area contributed by atoms with Crippen molar-refractivity contribution in [3.63, 3.8) is 0 Å². The molecule has 3 heteroatoms. The second kappa shape index (κ2) is 33.2. The quantitative estimate of drug-likeness (QED) is 0.0538. The third-order valence-electron chi connectivity index (χ3n) is 11.4. The number of allylic oxidation sites excluding steroid dienone is 4. The van der Waals surface area contributed by atoms with Crippen LogP contribution in [0.2, 0.25) is 0 Å². The molecule has 0 radical (unpaired) electrons. The summed E-state index contributed by atoms with van der Waals surface area (Å²) in [6.45, 7) is 3.52. The fourth-order valence-electron chi connectivity index (χ4n) is 8.03. The molecule has 0 amide bonds. The minimum absolute atomic E-state index is 0.0222. The van der Waals surface area contributed by atoms with E-state index in [1.165, 1.54) is 185 Å². The van der Waals surface area contributed by atoms with Gasteiger partial charge in [0.1, 0.15) is 6.10 Å². The molecule has 3 nitrogen and oxygen atoms in total. The second-order valence-electron chi connectivity index (χ2n) is 16.2. The lowest BCUT2D eigenvalue weighted by Gasteiger charge is -2.18. The highest BCUT2D eigenvalue weighted by molar-refractivity contribution is 5.13. The lowest BCUT2D eigenvalue weighted by molar-refractivity contribution is -0.0645. The monoisotopic (exact) mass is 707 g/mol. The zero-order valence-corrected chi connectivity index (χ0v) is 33.4. The van der Waals surface area contributed by atoms with E-state index >= 15 is 0 Å². The van der Waals surface area contributed by atoms with Crippen molar-refractivity contribution < 1.29 is 14.2 Å². The van der Waals surface area contributed by atoms with E-state index in [9.17, 15) is 0 Å². The molecular formula is C48H82O3. The molecule has 2 fully saturated rings. The van der Waals surface area contributed by atoms with Crippen LogP contribution in [0.5, 0.6) is 0 Å². The summed E-state index contributed by atoms with van der Waals surface area (Å²) in [6.07, 6.45) is 51.2. The van der Waals surface area contributed by atoms with Gasteiger partial charge in [0.2, 0.25) is 0 Å². The smallest absolute Gasteiger partial charge is 0.104 e. The second-order valence-corrected chi connectivity index (χ2v) is 16.2. The number of hydrogen-bond acceptors (Lipinski definition) is 3. The topological polar surface area (TPSA) is 27.7 Å². The van der Waals surface area contributed by atoms with E-state index in [0.717, 1.165) is 37.9 Å². The van der Waals surface area contributed by atoms with E-state index in [0.29, 0.717) is 19.8 Å². The first-order valence-electron chi connectivity index (χ1n) is 22.5. The lowest BCUT2D eigenvalue weighted by Crippen LogP contribution is -2.26. The van der Waals surface area contributed by atoms with E-state index in [-0.39, 0.29) is 6.10 Å². The number of benzene rings is 1. The van der Waals surface area contributed by atoms with E-state index in [1.54, 1.807) is 0 Å². The van der Waals surface area contributed by atoms with Crippen molar-refractivity contribution in [1.82, 2.24) is 0 Å². The minimum atomic E-state index is 0.0222. The van der Waals surface area contributed by atoms with Gasteiger partial charge in [0, 0.05) is 13.2 Å². The number of hydrogen-bond donors (Lipinski definition) is 0. The van der Waals surface area contributed by atoms with Gasteiger partial charge in [-0.15, -0.1) is 0 Å². The van der Waals surface area contributed by atoms with Crippen molar-refractivity contribution in [2.24, 2.45) is 11.8 Å². The average molecular weight is 707 g/mol. The third kappa shape index (κ3) is 26.1. The Morgan fingerprint density at radius 1 is 0.471 bits per heavy atom. The Morgan fingerprint density at radius 2 is 0.902 bits per heavy atom. The van der Waals surface area contributed by atoms with Gasteiger partial charge >= 0.3 is 0 Å². The van der Waals surface area contributed by atoms with Gasteiger partial charge in [0.15, 0.2) is 0 Å². The van der Waals surface area contributed by atoms with Gasteiger partial charge in [-0.25, -0.2) is 0 Å². The number of rotatable bonds is 33. The number of ether oxygens (including phenoxy) is 3. The van der Waals surface area contributed by atoms with Crippen molar-refractivity contribution in [1.29, 1.82) is 0 Å². The van der Waals surface area contributed by atoms with Gasteiger partial charge in [-0.1, -0.05) is 183 Å². The predicted octanol–water partition coefficient (Wildman–Crippen LogP) is 14.7. The van der Waals surface area contributed by atoms with Gasteiger partial charge in [0.25, 0.3) is 0 Å². The molecule has 1 aromatic carbocycles. The first-order valence-corrected chi connectivity index (χ1v) is 22.5. The molecule has 0 bridgehead atoms. The zero-order chi connectivity index (χ0) is 35.5. The highest BCUT2D eigenvalue weighted by atomic mass is 16.6. The average Bonchev–Trinajstić information content (AvgIpc) is 3.17. The molecule has 0 spiro atoms. The van der Waals surface area contributed by atoms with Gasteiger partial charge in [0.05, 0.1) is 19.8 Å². The highest BCUT2D eigenvalue weighted by Gasteiger charge is 2.12. The maximum Gasteiger partial charge on any atom is 0.104 e. The van der Waals surface area contributed by atoms with Crippen LogP contribution in [-0.4, -0.2) is 32.5 Å². The molecule has 1 atom stereocenters. The summed E-state index contributed by atoms with van der Waals surface area (Å²) >= 11 is 0. The van der Waals surface area contributed by atoms with Crippen molar-refractivity contribution in [2.45, 2.75) is 205 Å². The molecule has 51 heavy (non-hydrogen) atoms. The molecule has 0 saturated heterocycles. The van der Waals surface area contributed by atoms with Gasteiger partial charge in [-0.05, 0) is 81.6 Å². The molecule has 0 aromatic heterocycles. The Kier molecular flexibility index (Phi) is 28.6. The SMILES string of the molecule is C(=C\C1CCCCC1)/CCCCCCCCCCCOCC(COCc1ccccc1)OCCCCCCCCCCC/C=C/C1CCCCC1. The standard InChI is InChI=1S/C48H82O3/c1(3-7-11-15-22-32-45-34-24-19-25-35-45)5-9-13-17-30-40-49-43-48(44-50-42-47-38-28-21-29-39-47)51-41-31-18-14-10-6-2-4-8-12-16-23-33-46-36-26-20-27-37-46/h21-23,28-29,32-33,38-39,45-46,48H,1-20,24-27,30-31,34-37,40-44H2/b32-22+,33-23+. The minimum Gasteiger partial charge on any atom is -0.379 e. The van der Waals surface area contributed by atoms with Gasteiger partial charge in [-0.2, -0.15) is 0 Å². The van der Waals surface area contributed by atoms with Crippen LogP contribution >= 0.6 is 0 Å². The Bertz CT molecular complexity index is 914. The fraction of sp³-hybridized carbons (Fsp3) is 0.792. The molecule has 2 aliphatic rings. The van der Waals surface area contributed by atoms with Crippen molar-refractivity contribution in [3.05, 3.63) is 60.2 Å². The molecule has 2 aliphatic carbocycles. The molecule has 0 heterocycles. The molecular weight excluding hydrogens is 625 g/mol. The van der Waals surface area contributed by atoms with Crippen LogP contribution < -0.4 is 0 Å². The molecule has 0 N–H and O–H groups in total. The normalized spacial score (nSPS) is 16.9. The van der Waals surface area contributed by atoms with E-state index in [2.05, 4.69) is 54.6 Å². The van der Waals surface area contributed by atoms with Gasteiger partial charge < -0.3 is 14.2 Å². The van der Waals surface area contributed by atoms with Crippen LogP contribution in [0.1, 0.15) is 198 Å². The molecule has 0 aliphatic heterocycles. The first kappa shape index (κ1) is 44.0. The summed E-state index contributed by atoms with van der Waals surface area (Å²) in [5.41, 5.74) is 1.21. The molecule has 1 aromatic rings. The van der Waals surface area contributed by atoms with Gasteiger partial charge in [-0.3, -0.25) is 0 Å². The summed E-state index contributed by atoms with van der Waals surface area (Å²) < 4.78 is 18.5. The highest BCUT2D eigenvalue weighted by Crippen LogP contribution is 2.26. The van der Waals surface area contributed by atoms with Crippen LogP contribution in [-0.2, 0) is 20.8 Å². The van der Waals surface area contributed by atoms with Crippen LogP contribution in [0.25, 0.3) is 0 Å². The fourth-order valence-corrected chi connectivity index (χ4v) is 8.03. The summed E-state index contributed by atoms with van der Waals surface area (Å²) in [6, 6.07) is 10.5. The van der Waals surface area contributed by atoms with Crippen LogP contribution in [0.15, 0.2) is 54.6 Å². The Hall–Kier alpha value is -1.42. The Morgan fingerprint density at radius 3 is 1.41 bits per heavy atom. The molecule has 292 valence electrons. The summed E-state index contributed by atoms with van der Waals surface area (Å²) in [5, 5.41) is 0. The Labute approximate surface area is 317 Å². The molecule has 2 saturated carbocycles. The lowest BCUT2D eigenvalue weighted by atomic mass is 9.89. The van der Waals surface area contributed by atoms with E-state index < -0.39 is 0 Å². The molecule has 3 rings (SSSR count). The zero-order valence-electron chi connectivity index (χ0n) is 33.4. The largest absolute Gasteiger partial charge is 0.379 e. The first-order chi connectivity index (χ1) is 25.4. The van der Waals surface area contributed by atoms with Crippen molar-refractivity contribution in [2.75, 3.05) is 26.4 Å². The van der Waals surface area contributed by atoms with Crippen molar-refractivity contribution >= 4 is 0 Å². The maximum atomic E-state index is 6.29. The summed E-state index contributed by atoms with van der Waals surface area (Å²) in [4.78, 5) is 0. The third-order valence-corrected chi connectivity index (χ3v) is 11.4. The van der Waals surface area contributed by atoms with Crippen molar-refractivity contribution in [3.8, 4) is 0 Å². The van der Waals surface area contributed by atoms with Crippen LogP contribution in [0.3, 0.4) is 0 Å². The Balaban J connectivity index is 1.10. The van der Waals surface area contributed by atoms with E-state index in [4.69, 9.17) is 14.2 Å². The predicted molar refractivity (Wildman–Crippen MR) is 220 cm³/mol. The summed E-state index contributed by atoms with van der Waals surface area (Å²) in [5.74, 6) is 1.78. The van der Waals surface area contributed by atoms with Crippen LogP contribution in [0.4, 0.5) is 0 Å².